The highest BCUT2D eigenvalue weighted by atomic mass is 16.5. The van der Waals surface area contributed by atoms with Crippen LogP contribution in [0.4, 0.5) is 0 Å². The van der Waals surface area contributed by atoms with E-state index in [-0.39, 0.29) is 18.4 Å². The normalized spacial score (nSPS) is 12.5. The first-order valence-electron chi connectivity index (χ1n) is 10.8. The van der Waals surface area contributed by atoms with Gasteiger partial charge < -0.3 is 14.8 Å². The number of aryl methyl sites for hydroxylation is 1. The van der Waals surface area contributed by atoms with Crippen LogP contribution in [0.2, 0.25) is 0 Å². The maximum absolute atomic E-state index is 11.2. The van der Waals surface area contributed by atoms with Crippen molar-refractivity contribution in [3.63, 3.8) is 0 Å². The number of H-pyrrole nitrogens is 1. The average Bonchev–Trinajstić information content (AvgIpc) is 3.30. The van der Waals surface area contributed by atoms with E-state index < -0.39 is 5.97 Å². The highest BCUT2D eigenvalue weighted by Gasteiger charge is 2.20. The van der Waals surface area contributed by atoms with Gasteiger partial charge in [-0.1, -0.05) is 30.2 Å². The number of fused-ring (bicyclic) bond motifs is 1. The lowest BCUT2D eigenvalue weighted by molar-refractivity contribution is -0.137. The molecule has 0 saturated heterocycles. The maximum atomic E-state index is 11.2. The highest BCUT2D eigenvalue weighted by Crippen LogP contribution is 2.31. The summed E-state index contributed by atoms with van der Waals surface area (Å²) in [5.41, 5.74) is 4.11. The van der Waals surface area contributed by atoms with Gasteiger partial charge in [0.05, 0.1) is 12.3 Å². The quantitative estimate of drug-likeness (QED) is 0.368. The van der Waals surface area contributed by atoms with Crippen LogP contribution < -0.4 is 4.74 Å². The zero-order valence-electron chi connectivity index (χ0n) is 18.6. The molecule has 2 aromatic carbocycles. The molecule has 0 radical (unpaired) electrons. The van der Waals surface area contributed by atoms with E-state index >= 15 is 0 Å². The fourth-order valence-corrected chi connectivity index (χ4v) is 4.00. The second kappa shape index (κ2) is 10.0. The SMILES string of the molecule is CC#CC(CC(=O)O)c1ccc(O[C@@H](Cc2ncccn2)c2ccc3cc[nH]c3c2C)cc1. The Kier molecular flexibility index (Phi) is 6.70. The Bertz CT molecular complexity index is 1300. The number of carboxylic acid groups (broad SMARTS) is 1. The third kappa shape index (κ3) is 5.21. The molecule has 1 unspecified atom stereocenters. The molecule has 2 aromatic heterocycles. The molecule has 4 rings (SSSR count). The first-order chi connectivity index (χ1) is 16.0. The van der Waals surface area contributed by atoms with Gasteiger partial charge in [-0.15, -0.1) is 5.92 Å². The van der Waals surface area contributed by atoms with Gasteiger partial charge in [-0.25, -0.2) is 9.97 Å². The number of rotatable bonds is 8. The first kappa shape index (κ1) is 22.1. The average molecular weight is 440 g/mol. The van der Waals surface area contributed by atoms with E-state index in [9.17, 15) is 9.90 Å². The molecule has 0 aliphatic carbocycles. The largest absolute Gasteiger partial charge is 0.485 e. The molecule has 0 bridgehead atoms. The second-order valence-corrected chi connectivity index (χ2v) is 7.81. The summed E-state index contributed by atoms with van der Waals surface area (Å²) in [6.45, 7) is 3.80. The summed E-state index contributed by atoms with van der Waals surface area (Å²) in [6.07, 6.45) is 5.57. The fraction of sp³-hybridized carbons (Fsp3) is 0.222. The molecule has 4 aromatic rings. The molecular formula is C27H25N3O3. The van der Waals surface area contributed by atoms with E-state index in [0.717, 1.165) is 27.6 Å². The van der Waals surface area contributed by atoms with Crippen molar-refractivity contribution in [1.82, 2.24) is 15.0 Å². The second-order valence-electron chi connectivity index (χ2n) is 7.81. The number of aromatic nitrogens is 3. The van der Waals surface area contributed by atoms with E-state index in [1.807, 2.05) is 36.5 Å². The third-order valence-corrected chi connectivity index (χ3v) is 5.62. The van der Waals surface area contributed by atoms with Crippen LogP contribution >= 0.6 is 0 Å². The van der Waals surface area contributed by atoms with Gasteiger partial charge in [-0.3, -0.25) is 4.79 Å². The molecule has 0 fully saturated rings. The van der Waals surface area contributed by atoms with Crippen LogP contribution in [0.25, 0.3) is 10.9 Å². The number of hydrogen-bond donors (Lipinski definition) is 2. The molecule has 0 amide bonds. The molecule has 0 aliphatic heterocycles. The molecule has 166 valence electrons. The lowest BCUT2D eigenvalue weighted by Crippen LogP contribution is -2.14. The van der Waals surface area contributed by atoms with Crippen molar-refractivity contribution in [1.29, 1.82) is 0 Å². The standard InChI is InChI=1S/C27H25N3O3/c1-3-5-21(16-26(31)32)19-6-9-22(10-7-19)33-24(17-25-28-13-4-14-29-25)23-11-8-20-12-15-30-27(20)18(23)2/h4,6-15,21,24,30H,16-17H2,1-2H3,(H,31,32)/t21?,24-/m0/s1. The predicted molar refractivity (Wildman–Crippen MR) is 127 cm³/mol. The van der Waals surface area contributed by atoms with Crippen LogP contribution in [0, 0.1) is 18.8 Å². The topological polar surface area (TPSA) is 88.1 Å². The molecule has 2 N–H and O–H groups in total. The summed E-state index contributed by atoms with van der Waals surface area (Å²) in [5, 5.41) is 10.3. The van der Waals surface area contributed by atoms with Gasteiger partial charge in [-0.2, -0.15) is 0 Å². The number of benzene rings is 2. The van der Waals surface area contributed by atoms with Crippen LogP contribution in [0.1, 0.15) is 47.9 Å². The van der Waals surface area contributed by atoms with Crippen molar-refractivity contribution >= 4 is 16.9 Å². The lowest BCUT2D eigenvalue weighted by Gasteiger charge is -2.22. The molecular weight excluding hydrogens is 414 g/mol. The summed E-state index contributed by atoms with van der Waals surface area (Å²) in [5.74, 6) is 5.96. The number of aromatic amines is 1. The Balaban J connectivity index is 1.64. The van der Waals surface area contributed by atoms with E-state index in [2.05, 4.69) is 45.8 Å². The van der Waals surface area contributed by atoms with Crippen LogP contribution in [0.5, 0.6) is 5.75 Å². The zero-order chi connectivity index (χ0) is 23.2. The van der Waals surface area contributed by atoms with E-state index in [1.165, 1.54) is 0 Å². The van der Waals surface area contributed by atoms with Gasteiger partial charge in [0, 0.05) is 30.5 Å². The molecule has 0 spiro atoms. The first-order valence-corrected chi connectivity index (χ1v) is 10.8. The highest BCUT2D eigenvalue weighted by molar-refractivity contribution is 5.83. The fourth-order valence-electron chi connectivity index (χ4n) is 4.00. The minimum atomic E-state index is -0.874. The summed E-state index contributed by atoms with van der Waals surface area (Å²) in [4.78, 5) is 23.3. The number of aliphatic carboxylic acids is 1. The minimum absolute atomic E-state index is 0.0373. The Hall–Kier alpha value is -4.11. The molecule has 33 heavy (non-hydrogen) atoms. The minimum Gasteiger partial charge on any atom is -0.485 e. The number of nitrogens with one attached hydrogen (secondary N) is 1. The molecule has 2 heterocycles. The van der Waals surface area contributed by atoms with Gasteiger partial charge in [-0.05, 0) is 60.2 Å². The maximum Gasteiger partial charge on any atom is 0.304 e. The van der Waals surface area contributed by atoms with Gasteiger partial charge in [0.25, 0.3) is 0 Å². The van der Waals surface area contributed by atoms with Gasteiger partial charge in [0.15, 0.2) is 0 Å². The zero-order valence-corrected chi connectivity index (χ0v) is 18.6. The van der Waals surface area contributed by atoms with Gasteiger partial charge >= 0.3 is 5.97 Å². The van der Waals surface area contributed by atoms with Crippen LogP contribution in [0.15, 0.2) is 67.1 Å². The molecule has 6 heteroatoms. The Labute approximate surface area is 192 Å². The van der Waals surface area contributed by atoms with Crippen LogP contribution in [-0.2, 0) is 11.2 Å². The monoisotopic (exact) mass is 439 g/mol. The van der Waals surface area contributed by atoms with E-state index in [0.29, 0.717) is 18.0 Å². The molecule has 0 saturated carbocycles. The van der Waals surface area contributed by atoms with Crippen molar-refractivity contribution in [3.05, 3.63) is 89.6 Å². The predicted octanol–water partition coefficient (Wildman–Crippen LogP) is 5.21. The number of carboxylic acids is 1. The number of carbonyl (C=O) groups is 1. The van der Waals surface area contributed by atoms with Gasteiger partial charge in [0.1, 0.15) is 17.7 Å². The third-order valence-electron chi connectivity index (χ3n) is 5.62. The Morgan fingerprint density at radius 1 is 1.12 bits per heavy atom. The summed E-state index contributed by atoms with van der Waals surface area (Å²) in [7, 11) is 0. The number of nitrogens with zero attached hydrogens (tertiary/aromatic N) is 2. The Morgan fingerprint density at radius 2 is 1.88 bits per heavy atom. The van der Waals surface area contributed by atoms with E-state index in [4.69, 9.17) is 4.74 Å². The summed E-state index contributed by atoms with van der Waals surface area (Å²) in [6, 6.07) is 15.5. The summed E-state index contributed by atoms with van der Waals surface area (Å²) >= 11 is 0. The van der Waals surface area contributed by atoms with Gasteiger partial charge in [0.2, 0.25) is 0 Å². The molecule has 2 atom stereocenters. The Morgan fingerprint density at radius 3 is 2.58 bits per heavy atom. The lowest BCUT2D eigenvalue weighted by atomic mass is 9.96. The van der Waals surface area contributed by atoms with Crippen molar-refractivity contribution in [2.75, 3.05) is 0 Å². The smallest absolute Gasteiger partial charge is 0.304 e. The van der Waals surface area contributed by atoms with Crippen molar-refractivity contribution in [3.8, 4) is 17.6 Å². The number of hydrogen-bond acceptors (Lipinski definition) is 4. The molecule has 6 nitrogen and oxygen atoms in total. The number of ether oxygens (including phenoxy) is 1. The van der Waals surface area contributed by atoms with Crippen LogP contribution in [-0.4, -0.2) is 26.0 Å². The van der Waals surface area contributed by atoms with Crippen molar-refractivity contribution in [2.24, 2.45) is 0 Å². The van der Waals surface area contributed by atoms with E-state index in [1.54, 1.807) is 25.4 Å². The van der Waals surface area contributed by atoms with Crippen LogP contribution in [0.3, 0.4) is 0 Å². The molecule has 0 aliphatic rings. The summed E-state index contributed by atoms with van der Waals surface area (Å²) < 4.78 is 6.44. The van der Waals surface area contributed by atoms with Crippen molar-refractivity contribution < 1.29 is 14.6 Å². The van der Waals surface area contributed by atoms with Crippen molar-refractivity contribution in [2.45, 2.75) is 38.7 Å².